The summed E-state index contributed by atoms with van der Waals surface area (Å²) in [7, 11) is 0. The molecule has 3 N–H and O–H groups in total. The first kappa shape index (κ1) is 9.92. The molecule has 0 bridgehead atoms. The number of nitrogen functional groups attached to an aromatic ring is 1. The summed E-state index contributed by atoms with van der Waals surface area (Å²) in [5.74, 6) is 0.560. The molecule has 4 nitrogen and oxygen atoms in total. The Hall–Kier alpha value is -1.62. The number of anilines is 2. The Morgan fingerprint density at radius 2 is 2.33 bits per heavy atom. The van der Waals surface area contributed by atoms with Gasteiger partial charge < -0.3 is 11.1 Å². The van der Waals surface area contributed by atoms with Crippen molar-refractivity contribution < 1.29 is 0 Å². The molecule has 0 unspecified atom stereocenters. The van der Waals surface area contributed by atoms with Crippen molar-refractivity contribution in [3.8, 4) is 0 Å². The molecule has 0 aliphatic heterocycles. The van der Waals surface area contributed by atoms with Crippen molar-refractivity contribution in [2.75, 3.05) is 11.1 Å². The number of nitrogens with zero attached hydrogens (tertiary/aromatic N) is 2. The van der Waals surface area contributed by atoms with E-state index >= 15 is 0 Å². The maximum absolute atomic E-state index is 5.51. The molecule has 78 valence electrons. The molecule has 2 aromatic heterocycles. The van der Waals surface area contributed by atoms with Gasteiger partial charge in [-0.1, -0.05) is 6.07 Å². The van der Waals surface area contributed by atoms with E-state index in [1.807, 2.05) is 25.3 Å². The van der Waals surface area contributed by atoms with Crippen molar-refractivity contribution >= 4 is 22.4 Å². The zero-order chi connectivity index (χ0) is 10.7. The fourth-order valence-electron chi connectivity index (χ4n) is 1.16. The average Bonchev–Trinajstić information content (AvgIpc) is 2.64. The lowest BCUT2D eigenvalue weighted by molar-refractivity contribution is 1.09. The van der Waals surface area contributed by atoms with Crippen molar-refractivity contribution in [3.05, 3.63) is 35.7 Å². The number of hydrogen-bond acceptors (Lipinski definition) is 5. The molecule has 0 aliphatic rings. The third kappa shape index (κ3) is 2.66. The topological polar surface area (TPSA) is 63.8 Å². The molecule has 0 saturated heterocycles. The van der Waals surface area contributed by atoms with Gasteiger partial charge in [0.2, 0.25) is 0 Å². The molecule has 0 aromatic carbocycles. The number of rotatable bonds is 3. The van der Waals surface area contributed by atoms with Crippen LogP contribution in [-0.4, -0.2) is 9.36 Å². The maximum atomic E-state index is 5.51. The predicted molar refractivity (Wildman–Crippen MR) is 62.8 cm³/mol. The van der Waals surface area contributed by atoms with Crippen molar-refractivity contribution in [2.45, 2.75) is 13.5 Å². The van der Waals surface area contributed by atoms with Crippen molar-refractivity contribution in [1.29, 1.82) is 0 Å². The number of hydrogen-bond donors (Lipinski definition) is 2. The summed E-state index contributed by atoms with van der Waals surface area (Å²) in [4.78, 5) is 4.22. The van der Waals surface area contributed by atoms with Gasteiger partial charge in [0.25, 0.3) is 0 Å². The number of aryl methyl sites for hydroxylation is 1. The first-order valence-electron chi connectivity index (χ1n) is 4.61. The molecule has 2 aromatic rings. The quantitative estimate of drug-likeness (QED) is 0.830. The van der Waals surface area contributed by atoms with E-state index in [-0.39, 0.29) is 0 Å². The van der Waals surface area contributed by atoms with Crippen LogP contribution < -0.4 is 11.1 Å². The lowest BCUT2D eigenvalue weighted by atomic mass is 10.2. The maximum Gasteiger partial charge on any atom is 0.139 e. The summed E-state index contributed by atoms with van der Waals surface area (Å²) in [6.45, 7) is 2.72. The van der Waals surface area contributed by atoms with E-state index in [9.17, 15) is 0 Å². The predicted octanol–water partition coefficient (Wildman–Crippen LogP) is 2.04. The lowest BCUT2D eigenvalue weighted by Crippen LogP contribution is -1.98. The smallest absolute Gasteiger partial charge is 0.139 e. The molecule has 0 amide bonds. The van der Waals surface area contributed by atoms with Crippen LogP contribution in [0.15, 0.2) is 24.4 Å². The summed E-state index contributed by atoms with van der Waals surface area (Å²) in [5, 5.41) is 4.22. The summed E-state index contributed by atoms with van der Waals surface area (Å²) >= 11 is 1.37. The van der Waals surface area contributed by atoms with Gasteiger partial charge in [-0.15, -0.1) is 0 Å². The zero-order valence-corrected chi connectivity index (χ0v) is 9.21. The molecule has 0 spiro atoms. The second-order valence-corrected chi connectivity index (χ2v) is 4.08. The molecule has 5 heteroatoms. The van der Waals surface area contributed by atoms with Crippen LogP contribution in [-0.2, 0) is 6.54 Å². The van der Waals surface area contributed by atoms with Crippen LogP contribution in [0.25, 0.3) is 0 Å². The Labute approximate surface area is 92.3 Å². The molecular weight excluding hydrogens is 208 g/mol. The molecule has 0 atom stereocenters. The van der Waals surface area contributed by atoms with Crippen LogP contribution in [0.4, 0.5) is 10.8 Å². The van der Waals surface area contributed by atoms with E-state index in [0.29, 0.717) is 5.82 Å². The average molecular weight is 220 g/mol. The van der Waals surface area contributed by atoms with Gasteiger partial charge in [-0.3, -0.25) is 4.98 Å². The minimum atomic E-state index is 0.560. The molecule has 15 heavy (non-hydrogen) atoms. The van der Waals surface area contributed by atoms with Gasteiger partial charge in [-0.05, 0) is 30.1 Å². The second-order valence-electron chi connectivity index (χ2n) is 3.28. The van der Waals surface area contributed by atoms with Crippen LogP contribution in [0.3, 0.4) is 0 Å². The van der Waals surface area contributed by atoms with Gasteiger partial charge in [0.1, 0.15) is 10.8 Å². The van der Waals surface area contributed by atoms with Crippen LogP contribution >= 0.6 is 11.5 Å². The molecule has 0 saturated carbocycles. The first-order chi connectivity index (χ1) is 7.24. The molecule has 0 aliphatic carbocycles. The molecule has 2 rings (SSSR count). The third-order valence-electron chi connectivity index (χ3n) is 1.97. The van der Waals surface area contributed by atoms with Crippen molar-refractivity contribution in [3.63, 3.8) is 0 Å². The summed E-state index contributed by atoms with van der Waals surface area (Å²) < 4.78 is 3.98. The number of nitrogens with two attached hydrogens (primary N) is 1. The minimum absolute atomic E-state index is 0.560. The van der Waals surface area contributed by atoms with Gasteiger partial charge in [-0.25, -0.2) is 0 Å². The highest BCUT2D eigenvalue weighted by Crippen LogP contribution is 2.18. The molecular formula is C10H12N4S. The Morgan fingerprint density at radius 1 is 1.47 bits per heavy atom. The highest BCUT2D eigenvalue weighted by molar-refractivity contribution is 7.10. The Kier molecular flexibility index (Phi) is 2.82. The van der Waals surface area contributed by atoms with E-state index in [1.165, 1.54) is 11.5 Å². The first-order valence-corrected chi connectivity index (χ1v) is 5.39. The largest absolute Gasteiger partial charge is 0.383 e. The Bertz CT molecular complexity index is 435. The highest BCUT2D eigenvalue weighted by Gasteiger charge is 1.98. The van der Waals surface area contributed by atoms with E-state index in [0.717, 1.165) is 22.8 Å². The Morgan fingerprint density at radius 3 is 2.93 bits per heavy atom. The highest BCUT2D eigenvalue weighted by atomic mass is 32.1. The van der Waals surface area contributed by atoms with E-state index in [2.05, 4.69) is 20.7 Å². The van der Waals surface area contributed by atoms with E-state index < -0.39 is 0 Å². The normalized spacial score (nSPS) is 10.2. The van der Waals surface area contributed by atoms with Gasteiger partial charge in [0.15, 0.2) is 0 Å². The SMILES string of the molecule is Cc1ccc(CNc2cc(N)ns2)cn1. The van der Waals surface area contributed by atoms with Crippen LogP contribution in [0.5, 0.6) is 0 Å². The second kappa shape index (κ2) is 4.27. The minimum Gasteiger partial charge on any atom is -0.383 e. The molecule has 2 heterocycles. The van der Waals surface area contributed by atoms with Gasteiger partial charge >= 0.3 is 0 Å². The van der Waals surface area contributed by atoms with Crippen molar-refractivity contribution in [1.82, 2.24) is 9.36 Å². The van der Waals surface area contributed by atoms with Gasteiger partial charge in [0.05, 0.1) is 0 Å². The number of aromatic nitrogens is 2. The Balaban J connectivity index is 1.96. The van der Waals surface area contributed by atoms with Crippen LogP contribution in [0, 0.1) is 6.92 Å². The van der Waals surface area contributed by atoms with Crippen LogP contribution in [0.2, 0.25) is 0 Å². The van der Waals surface area contributed by atoms with Crippen LogP contribution in [0.1, 0.15) is 11.3 Å². The third-order valence-corrected chi connectivity index (χ3v) is 2.73. The van der Waals surface area contributed by atoms with E-state index in [4.69, 9.17) is 5.73 Å². The molecule has 0 radical (unpaired) electrons. The summed E-state index contributed by atoms with van der Waals surface area (Å²) in [6, 6.07) is 5.88. The number of pyridine rings is 1. The van der Waals surface area contributed by atoms with E-state index in [1.54, 1.807) is 0 Å². The molecule has 0 fully saturated rings. The lowest BCUT2D eigenvalue weighted by Gasteiger charge is -2.02. The standard InChI is InChI=1S/C10H12N4S/c1-7-2-3-8(5-12-7)6-13-10-4-9(11)14-15-10/h2-5,13H,6H2,1H3,(H2,11,14). The van der Waals surface area contributed by atoms with Gasteiger partial charge in [-0.2, -0.15) is 4.37 Å². The zero-order valence-electron chi connectivity index (χ0n) is 8.40. The van der Waals surface area contributed by atoms with Crippen molar-refractivity contribution in [2.24, 2.45) is 0 Å². The summed E-state index contributed by atoms with van der Waals surface area (Å²) in [6.07, 6.45) is 1.87. The fraction of sp³-hybridized carbons (Fsp3) is 0.200. The van der Waals surface area contributed by atoms with Gasteiger partial charge in [0, 0.05) is 24.5 Å². The number of nitrogens with one attached hydrogen (secondary N) is 1. The summed E-state index contributed by atoms with van der Waals surface area (Å²) in [5.41, 5.74) is 7.69. The monoisotopic (exact) mass is 220 g/mol. The fourth-order valence-corrected chi connectivity index (χ4v) is 1.73.